The van der Waals surface area contributed by atoms with Crippen LogP contribution in [0.5, 0.6) is 5.75 Å². The highest BCUT2D eigenvalue weighted by Crippen LogP contribution is 2.51. The molecule has 1 unspecified atom stereocenters. The fraction of sp³-hybridized carbons (Fsp3) is 0.273. The number of allylic oxidation sites excluding steroid dienone is 3. The third-order valence-corrected chi connectivity index (χ3v) is 7.96. The van der Waals surface area contributed by atoms with Crippen molar-refractivity contribution in [3.05, 3.63) is 116 Å². The van der Waals surface area contributed by atoms with Gasteiger partial charge >= 0.3 is 0 Å². The molecule has 2 N–H and O–H groups in total. The lowest BCUT2D eigenvalue weighted by atomic mass is 9.68. The lowest BCUT2D eigenvalue weighted by molar-refractivity contribution is -0.118. The minimum Gasteiger partial charge on any atom is -0.489 e. The summed E-state index contributed by atoms with van der Waals surface area (Å²) in [6, 6.07) is 19.5. The molecule has 3 aromatic carbocycles. The summed E-state index contributed by atoms with van der Waals surface area (Å²) in [5, 5.41) is 11.0. The van der Waals surface area contributed by atoms with Gasteiger partial charge in [-0.05, 0) is 96.5 Å². The molecule has 0 bridgehead atoms. The third kappa shape index (κ3) is 5.10. The molecule has 0 amide bonds. The Labute approximate surface area is 239 Å². The Morgan fingerprint density at radius 2 is 1.75 bits per heavy atom. The number of aryl methyl sites for hydroxylation is 2. The SMILES string of the molecule is Cc1cc(C)c(C2C(C#N)=C(N)N(c3ccc(Cl)cc3)C3=C2C(=O)CC(C)(C)C3)cc1COc1ccc(F)cc1. The van der Waals surface area contributed by atoms with Gasteiger partial charge in [0.15, 0.2) is 5.78 Å². The first-order chi connectivity index (χ1) is 19.0. The molecule has 0 spiro atoms. The molecular weight excluding hydrogens is 525 g/mol. The van der Waals surface area contributed by atoms with Crippen molar-refractivity contribution in [1.29, 1.82) is 5.26 Å². The van der Waals surface area contributed by atoms with E-state index in [9.17, 15) is 14.4 Å². The highest BCUT2D eigenvalue weighted by molar-refractivity contribution is 6.30. The molecule has 0 saturated carbocycles. The van der Waals surface area contributed by atoms with Gasteiger partial charge in [0.2, 0.25) is 0 Å². The molecule has 2 aliphatic rings. The number of carbonyl (C=O) groups is 1. The van der Waals surface area contributed by atoms with Crippen LogP contribution in [0.2, 0.25) is 5.02 Å². The van der Waals surface area contributed by atoms with Gasteiger partial charge in [-0.2, -0.15) is 5.26 Å². The van der Waals surface area contributed by atoms with Crippen LogP contribution >= 0.6 is 11.6 Å². The molecule has 1 aliphatic heterocycles. The number of anilines is 1. The number of carbonyl (C=O) groups excluding carboxylic acids is 1. The zero-order chi connectivity index (χ0) is 28.8. The maximum atomic E-state index is 13.9. The van der Waals surface area contributed by atoms with E-state index in [1.807, 2.05) is 43.0 Å². The number of hydrogen-bond donors (Lipinski definition) is 1. The summed E-state index contributed by atoms with van der Waals surface area (Å²) < 4.78 is 19.3. The lowest BCUT2D eigenvalue weighted by Gasteiger charge is -2.44. The Bertz CT molecular complexity index is 1600. The van der Waals surface area contributed by atoms with Crippen molar-refractivity contribution in [2.24, 2.45) is 11.1 Å². The maximum Gasteiger partial charge on any atom is 0.162 e. The second-order valence-electron chi connectivity index (χ2n) is 11.3. The largest absolute Gasteiger partial charge is 0.489 e. The van der Waals surface area contributed by atoms with Crippen LogP contribution in [0.1, 0.15) is 54.9 Å². The number of halogens is 2. The molecule has 7 heteroatoms. The summed E-state index contributed by atoms with van der Waals surface area (Å²) in [4.78, 5) is 15.7. The molecule has 0 fully saturated rings. The molecular formula is C33H31ClFN3O2. The van der Waals surface area contributed by atoms with Crippen LogP contribution in [0, 0.1) is 36.4 Å². The van der Waals surface area contributed by atoms with Gasteiger partial charge in [-0.25, -0.2) is 4.39 Å². The molecule has 5 nitrogen and oxygen atoms in total. The highest BCUT2D eigenvalue weighted by atomic mass is 35.5. The average Bonchev–Trinajstić information content (AvgIpc) is 2.89. The predicted molar refractivity (Wildman–Crippen MR) is 155 cm³/mol. The van der Waals surface area contributed by atoms with Crippen LogP contribution < -0.4 is 15.4 Å². The van der Waals surface area contributed by atoms with Crippen molar-refractivity contribution >= 4 is 23.1 Å². The molecule has 0 aromatic heterocycles. The zero-order valence-electron chi connectivity index (χ0n) is 23.0. The van der Waals surface area contributed by atoms with Crippen LogP contribution in [-0.4, -0.2) is 5.78 Å². The highest BCUT2D eigenvalue weighted by Gasteiger charge is 2.45. The minimum absolute atomic E-state index is 0.0135. The Morgan fingerprint density at radius 3 is 2.40 bits per heavy atom. The topological polar surface area (TPSA) is 79.4 Å². The van der Waals surface area contributed by atoms with Crippen LogP contribution in [0.4, 0.5) is 10.1 Å². The van der Waals surface area contributed by atoms with Crippen molar-refractivity contribution in [2.45, 2.75) is 53.1 Å². The van der Waals surface area contributed by atoms with E-state index in [1.54, 1.807) is 24.3 Å². The number of nitriles is 1. The van der Waals surface area contributed by atoms with Gasteiger partial charge in [-0.15, -0.1) is 0 Å². The summed E-state index contributed by atoms with van der Waals surface area (Å²) in [6.07, 6.45) is 0.999. The van der Waals surface area contributed by atoms with E-state index in [2.05, 4.69) is 19.9 Å². The van der Waals surface area contributed by atoms with E-state index < -0.39 is 5.92 Å². The second kappa shape index (κ2) is 10.5. The lowest BCUT2D eigenvalue weighted by Crippen LogP contribution is -2.42. The number of Topliss-reactive ketones (excluding diaryl/α,β-unsaturated/α-hetero) is 1. The molecule has 1 aliphatic carbocycles. The standard InChI is InChI=1S/C33H31ClFN3O2/c1-19-13-20(2)26(14-21(19)18-40-25-11-7-23(35)8-12-25)30-27(17-36)32(37)38(24-9-5-22(34)6-10-24)28-15-33(3,4)16-29(39)31(28)30/h5-14,30H,15-16,18,37H2,1-4H3. The van der Waals surface area contributed by atoms with Gasteiger partial charge < -0.3 is 10.5 Å². The van der Waals surface area contributed by atoms with Crippen molar-refractivity contribution in [1.82, 2.24) is 0 Å². The first-order valence-corrected chi connectivity index (χ1v) is 13.6. The Hall–Kier alpha value is -4.08. The van der Waals surface area contributed by atoms with Gasteiger partial charge in [0.05, 0.1) is 17.6 Å². The van der Waals surface area contributed by atoms with Crippen LogP contribution in [0.15, 0.2) is 83.3 Å². The van der Waals surface area contributed by atoms with E-state index in [0.29, 0.717) is 40.6 Å². The number of benzene rings is 3. The molecule has 5 rings (SSSR count). The van der Waals surface area contributed by atoms with E-state index >= 15 is 0 Å². The first kappa shape index (κ1) is 27.5. The smallest absolute Gasteiger partial charge is 0.162 e. The van der Waals surface area contributed by atoms with Crippen molar-refractivity contribution in [3.63, 3.8) is 0 Å². The second-order valence-corrected chi connectivity index (χ2v) is 11.8. The third-order valence-electron chi connectivity index (χ3n) is 7.71. The fourth-order valence-electron chi connectivity index (χ4n) is 5.78. The normalized spacial score (nSPS) is 18.5. The Kier molecular flexibility index (Phi) is 7.20. The van der Waals surface area contributed by atoms with Crippen LogP contribution in [0.25, 0.3) is 0 Å². The summed E-state index contributed by atoms with van der Waals surface area (Å²) >= 11 is 6.16. The van der Waals surface area contributed by atoms with Crippen molar-refractivity contribution in [3.8, 4) is 11.8 Å². The molecule has 0 radical (unpaired) electrons. The molecule has 0 saturated heterocycles. The molecule has 3 aromatic rings. The first-order valence-electron chi connectivity index (χ1n) is 13.2. The quantitative estimate of drug-likeness (QED) is 0.350. The van der Waals surface area contributed by atoms with E-state index in [4.69, 9.17) is 22.1 Å². The molecule has 40 heavy (non-hydrogen) atoms. The van der Waals surface area contributed by atoms with Gasteiger partial charge in [-0.3, -0.25) is 9.69 Å². The molecule has 204 valence electrons. The number of nitrogens with zero attached hydrogens (tertiary/aromatic N) is 2. The number of nitrogens with two attached hydrogens (primary N) is 1. The Morgan fingerprint density at radius 1 is 1.07 bits per heavy atom. The summed E-state index contributed by atoms with van der Waals surface area (Å²) in [5.74, 6) is -0.0559. The van der Waals surface area contributed by atoms with Crippen LogP contribution in [0.3, 0.4) is 0 Å². The van der Waals surface area contributed by atoms with Crippen molar-refractivity contribution in [2.75, 3.05) is 4.90 Å². The summed E-state index contributed by atoms with van der Waals surface area (Å²) in [7, 11) is 0. The summed E-state index contributed by atoms with van der Waals surface area (Å²) in [6.45, 7) is 8.39. The van der Waals surface area contributed by atoms with E-state index in [0.717, 1.165) is 33.6 Å². The Balaban J connectivity index is 1.65. The van der Waals surface area contributed by atoms with Crippen molar-refractivity contribution < 1.29 is 13.9 Å². The van der Waals surface area contributed by atoms with Crippen LogP contribution in [-0.2, 0) is 11.4 Å². The molecule has 1 heterocycles. The minimum atomic E-state index is -0.600. The van der Waals surface area contributed by atoms with Gasteiger partial charge in [0.1, 0.15) is 24.0 Å². The average molecular weight is 556 g/mol. The fourth-order valence-corrected chi connectivity index (χ4v) is 5.91. The summed E-state index contributed by atoms with van der Waals surface area (Å²) in [5.41, 5.74) is 12.7. The number of ether oxygens (including phenoxy) is 1. The van der Waals surface area contributed by atoms with E-state index in [1.165, 1.54) is 12.1 Å². The van der Waals surface area contributed by atoms with E-state index in [-0.39, 0.29) is 23.6 Å². The van der Waals surface area contributed by atoms with Gasteiger partial charge in [0.25, 0.3) is 0 Å². The number of hydrogen-bond acceptors (Lipinski definition) is 5. The predicted octanol–water partition coefficient (Wildman–Crippen LogP) is 7.62. The molecule has 1 atom stereocenters. The number of ketones is 1. The zero-order valence-corrected chi connectivity index (χ0v) is 23.8. The monoisotopic (exact) mass is 555 g/mol. The van der Waals surface area contributed by atoms with Gasteiger partial charge in [0, 0.05) is 28.4 Å². The van der Waals surface area contributed by atoms with Gasteiger partial charge in [-0.1, -0.05) is 37.6 Å². The maximum absolute atomic E-state index is 13.9. The number of rotatable bonds is 5.